The van der Waals surface area contributed by atoms with Crippen molar-refractivity contribution in [3.63, 3.8) is 0 Å². The van der Waals surface area contributed by atoms with Crippen molar-refractivity contribution >= 4 is 45.5 Å². The summed E-state index contributed by atoms with van der Waals surface area (Å²) in [6, 6.07) is 70.9. The molecule has 6 heteroatoms. The Bertz CT molecular complexity index is 3190. The maximum absolute atomic E-state index is 5.76. The van der Waals surface area contributed by atoms with Gasteiger partial charge in [0.05, 0.1) is 56.9 Å². The Labute approximate surface area is 452 Å². The molecule has 0 unspecified atom stereocenters. The van der Waals surface area contributed by atoms with E-state index in [2.05, 4.69) is 297 Å². The number of aromatic nitrogens is 2. The van der Waals surface area contributed by atoms with Crippen molar-refractivity contribution in [2.45, 2.75) is 105 Å². The lowest BCUT2D eigenvalue weighted by atomic mass is 9.78. The van der Waals surface area contributed by atoms with E-state index in [1.165, 1.54) is 33.6 Å². The first-order valence-electron chi connectivity index (χ1n) is 27.1. The lowest BCUT2D eigenvalue weighted by Crippen LogP contribution is -2.29. The van der Waals surface area contributed by atoms with Crippen molar-refractivity contribution in [3.8, 4) is 44.5 Å². The predicted molar refractivity (Wildman–Crippen MR) is 323 cm³/mol. The minimum absolute atomic E-state index is 0.259. The lowest BCUT2D eigenvalue weighted by Gasteiger charge is -2.35. The maximum Gasteiger partial charge on any atom is 0.100 e. The normalized spacial score (nSPS) is 13.8. The van der Waals surface area contributed by atoms with Gasteiger partial charge in [0.25, 0.3) is 0 Å². The molecule has 0 bridgehead atoms. The van der Waals surface area contributed by atoms with Gasteiger partial charge in [0, 0.05) is 55.3 Å². The molecule has 0 atom stereocenters. The average Bonchev–Trinajstić information content (AvgIpc) is 4.05. The molecule has 0 aliphatic carbocycles. The molecule has 0 radical (unpaired) electrons. The van der Waals surface area contributed by atoms with E-state index < -0.39 is 0 Å². The molecule has 382 valence electrons. The van der Waals surface area contributed by atoms with Gasteiger partial charge in [-0.25, -0.2) is 0 Å². The molecule has 4 heterocycles. The van der Waals surface area contributed by atoms with E-state index in [0.717, 1.165) is 79.2 Å². The summed E-state index contributed by atoms with van der Waals surface area (Å²) in [6.07, 6.45) is 0. The summed E-state index contributed by atoms with van der Waals surface area (Å²) in [4.78, 5) is 21.7. The first-order valence-corrected chi connectivity index (χ1v) is 27.1. The highest BCUT2D eigenvalue weighted by molar-refractivity contribution is 6.03. The molecule has 0 spiro atoms. The smallest absolute Gasteiger partial charge is 0.100 e. The highest BCUT2D eigenvalue weighted by Crippen LogP contribution is 2.57. The molecule has 2 aromatic heterocycles. The summed E-state index contributed by atoms with van der Waals surface area (Å²) in [7, 11) is 0. The first kappa shape index (κ1) is 50.2. The SMILES string of the molecule is CC(C)(C)c1nc(C(C)(C)C)c(-c2ccccc2)c(N2CN(c3cccc(N4CN(c5c(-c6ccccc6)c(C(C)(C)C)nc(C(C)(C)C)c5-c5ccccc5)c5ccccc54)c3)c3ccccc32)c1-c1ccccc1. The fourth-order valence-electron chi connectivity index (χ4n) is 11.5. The molecular formula is C70H72N6. The first-order chi connectivity index (χ1) is 36.3. The van der Waals surface area contributed by atoms with Crippen LogP contribution >= 0.6 is 0 Å². The van der Waals surface area contributed by atoms with Crippen LogP contribution in [-0.2, 0) is 21.7 Å². The van der Waals surface area contributed by atoms with Crippen molar-refractivity contribution < 1.29 is 0 Å². The molecule has 0 saturated carbocycles. The van der Waals surface area contributed by atoms with Crippen molar-refractivity contribution in [1.82, 2.24) is 9.97 Å². The molecule has 0 fully saturated rings. The number of pyridine rings is 2. The van der Waals surface area contributed by atoms with Crippen LogP contribution in [0, 0.1) is 0 Å². The van der Waals surface area contributed by atoms with Gasteiger partial charge >= 0.3 is 0 Å². The third-order valence-corrected chi connectivity index (χ3v) is 14.9. The van der Waals surface area contributed by atoms with Crippen LogP contribution in [0.4, 0.5) is 45.5 Å². The van der Waals surface area contributed by atoms with Crippen molar-refractivity contribution in [3.05, 3.63) is 217 Å². The van der Waals surface area contributed by atoms with Gasteiger partial charge in [0.1, 0.15) is 13.3 Å². The molecule has 6 nitrogen and oxygen atoms in total. The third-order valence-electron chi connectivity index (χ3n) is 14.9. The molecule has 9 aromatic rings. The Morgan fingerprint density at radius 2 is 0.513 bits per heavy atom. The van der Waals surface area contributed by atoms with Crippen LogP contribution in [0.25, 0.3) is 44.5 Å². The fraction of sp³-hybridized carbons (Fsp3) is 0.257. The highest BCUT2D eigenvalue weighted by Gasteiger charge is 2.41. The predicted octanol–water partition coefficient (Wildman–Crippen LogP) is 18.8. The largest absolute Gasteiger partial charge is 0.321 e. The van der Waals surface area contributed by atoms with Gasteiger partial charge in [0.15, 0.2) is 0 Å². The average molecular weight is 997 g/mol. The van der Waals surface area contributed by atoms with Gasteiger partial charge in [-0.3, -0.25) is 9.97 Å². The number of anilines is 8. The van der Waals surface area contributed by atoms with E-state index in [9.17, 15) is 0 Å². The van der Waals surface area contributed by atoms with Gasteiger partial charge in [-0.2, -0.15) is 0 Å². The zero-order chi connectivity index (χ0) is 53.3. The number of hydrogen-bond acceptors (Lipinski definition) is 6. The second-order valence-electron chi connectivity index (χ2n) is 24.8. The van der Waals surface area contributed by atoms with Gasteiger partial charge in [0.2, 0.25) is 0 Å². The van der Waals surface area contributed by atoms with Gasteiger partial charge in [-0.1, -0.05) is 235 Å². The van der Waals surface area contributed by atoms with E-state index in [0.29, 0.717) is 13.3 Å². The van der Waals surface area contributed by atoms with Crippen molar-refractivity contribution in [2.75, 3.05) is 32.9 Å². The fourth-order valence-corrected chi connectivity index (χ4v) is 11.5. The van der Waals surface area contributed by atoms with Crippen molar-refractivity contribution in [1.29, 1.82) is 0 Å². The van der Waals surface area contributed by atoms with Gasteiger partial charge in [-0.15, -0.1) is 0 Å². The van der Waals surface area contributed by atoms with Gasteiger partial charge < -0.3 is 19.6 Å². The second kappa shape index (κ2) is 19.0. The summed E-state index contributed by atoms with van der Waals surface area (Å²) in [5, 5.41) is 0. The quantitative estimate of drug-likeness (QED) is 0.151. The standard InChI is InChI=1S/C70H72N6/c1-67(2,3)63-57(47-30-17-13-18-31-47)61(58(48-32-19-14-20-33-48)64(71-63)68(4,5)6)75-45-73(53-40-25-27-42-55(53)75)51-38-29-39-52(44-51)74-46-76(56-43-28-26-41-54(56)74)62-59(49-34-21-15-22-35-49)65(69(7,8)9)72-66(70(10,11)12)60(62)50-36-23-16-24-37-50/h13-44H,45-46H2,1-12H3. The second-order valence-corrected chi connectivity index (χ2v) is 24.8. The lowest BCUT2D eigenvalue weighted by molar-refractivity contribution is 0.533. The molecule has 0 saturated heterocycles. The van der Waals surface area contributed by atoms with Crippen LogP contribution in [0.2, 0.25) is 0 Å². The Morgan fingerprint density at radius 1 is 0.276 bits per heavy atom. The summed E-state index contributed by atoms with van der Waals surface area (Å²) in [5.74, 6) is 0. The van der Waals surface area contributed by atoms with Crippen LogP contribution in [0.5, 0.6) is 0 Å². The van der Waals surface area contributed by atoms with E-state index in [-0.39, 0.29) is 21.7 Å². The molecule has 11 rings (SSSR count). The molecule has 7 aromatic carbocycles. The van der Waals surface area contributed by atoms with Crippen LogP contribution < -0.4 is 19.6 Å². The number of nitrogens with zero attached hydrogens (tertiary/aromatic N) is 6. The number of hydrogen-bond donors (Lipinski definition) is 0. The molecule has 0 amide bonds. The molecule has 76 heavy (non-hydrogen) atoms. The van der Waals surface area contributed by atoms with Crippen LogP contribution in [0.15, 0.2) is 194 Å². The zero-order valence-electron chi connectivity index (χ0n) is 46.6. The number of fused-ring (bicyclic) bond motifs is 2. The minimum atomic E-state index is -0.259. The van der Waals surface area contributed by atoms with E-state index >= 15 is 0 Å². The van der Waals surface area contributed by atoms with E-state index in [4.69, 9.17) is 9.97 Å². The summed E-state index contributed by atoms with van der Waals surface area (Å²) < 4.78 is 0. The van der Waals surface area contributed by atoms with E-state index in [1.54, 1.807) is 0 Å². The number of benzene rings is 7. The summed E-state index contributed by atoms with van der Waals surface area (Å²) in [5.41, 5.74) is 21.9. The maximum atomic E-state index is 5.76. The van der Waals surface area contributed by atoms with Crippen LogP contribution in [0.1, 0.15) is 106 Å². The Hall–Kier alpha value is -7.96. The Kier molecular flexibility index (Phi) is 12.6. The molecule has 2 aliphatic rings. The number of rotatable bonds is 8. The Balaban J connectivity index is 1.10. The number of para-hydroxylation sites is 4. The topological polar surface area (TPSA) is 38.7 Å². The minimum Gasteiger partial charge on any atom is -0.321 e. The molecule has 2 aliphatic heterocycles. The monoisotopic (exact) mass is 997 g/mol. The van der Waals surface area contributed by atoms with Crippen molar-refractivity contribution in [2.24, 2.45) is 0 Å². The molecular weight excluding hydrogens is 925 g/mol. The van der Waals surface area contributed by atoms with E-state index in [1.807, 2.05) is 0 Å². The van der Waals surface area contributed by atoms with Crippen LogP contribution in [0.3, 0.4) is 0 Å². The zero-order valence-corrected chi connectivity index (χ0v) is 46.6. The summed E-state index contributed by atoms with van der Waals surface area (Å²) >= 11 is 0. The summed E-state index contributed by atoms with van der Waals surface area (Å²) in [6.45, 7) is 28.9. The highest BCUT2D eigenvalue weighted by atomic mass is 15.4. The van der Waals surface area contributed by atoms with Gasteiger partial charge in [-0.05, 0) is 64.7 Å². The third kappa shape index (κ3) is 9.01. The Morgan fingerprint density at radius 3 is 0.763 bits per heavy atom. The molecule has 0 N–H and O–H groups in total. The van der Waals surface area contributed by atoms with Crippen LogP contribution in [-0.4, -0.2) is 23.3 Å².